The fourth-order valence-corrected chi connectivity index (χ4v) is 3.63. The average molecular weight is 524 g/mol. The van der Waals surface area contributed by atoms with E-state index in [4.69, 9.17) is 14.2 Å². The van der Waals surface area contributed by atoms with Gasteiger partial charge in [-0.3, -0.25) is 4.99 Å². The van der Waals surface area contributed by atoms with Crippen molar-refractivity contribution in [3.63, 3.8) is 0 Å². The summed E-state index contributed by atoms with van der Waals surface area (Å²) in [4.78, 5) is 8.64. The second kappa shape index (κ2) is 11.2. The number of rotatable bonds is 7. The van der Waals surface area contributed by atoms with Crippen LogP contribution < -0.4 is 24.8 Å². The van der Waals surface area contributed by atoms with E-state index >= 15 is 0 Å². The van der Waals surface area contributed by atoms with Gasteiger partial charge in [-0.25, -0.2) is 4.98 Å². The van der Waals surface area contributed by atoms with Crippen LogP contribution in [0.25, 0.3) is 0 Å². The maximum Gasteiger partial charge on any atom is 0.231 e. The van der Waals surface area contributed by atoms with Crippen molar-refractivity contribution in [1.82, 2.24) is 15.6 Å². The summed E-state index contributed by atoms with van der Waals surface area (Å²) >= 11 is 0. The van der Waals surface area contributed by atoms with E-state index in [0.717, 1.165) is 48.8 Å². The zero-order chi connectivity index (χ0) is 19.9. The first-order valence-corrected chi connectivity index (χ1v) is 10.2. The highest BCUT2D eigenvalue weighted by molar-refractivity contribution is 14.0. The highest BCUT2D eigenvalue weighted by atomic mass is 127. The molecule has 7 nitrogen and oxygen atoms in total. The first kappa shape index (κ1) is 22.5. The van der Waals surface area contributed by atoms with Crippen molar-refractivity contribution in [2.24, 2.45) is 4.99 Å². The lowest BCUT2D eigenvalue weighted by molar-refractivity contribution is 0.174. The van der Waals surface area contributed by atoms with E-state index in [-0.39, 0.29) is 24.0 Å². The molecule has 1 aromatic heterocycles. The summed E-state index contributed by atoms with van der Waals surface area (Å²) in [5.41, 5.74) is 2.31. The van der Waals surface area contributed by atoms with Crippen molar-refractivity contribution in [2.75, 3.05) is 20.4 Å². The Kier molecular flexibility index (Phi) is 8.41. The molecule has 1 aliphatic carbocycles. The Morgan fingerprint density at radius 1 is 1.10 bits per heavy atom. The highest BCUT2D eigenvalue weighted by Crippen LogP contribution is 2.32. The molecule has 0 spiro atoms. The largest absolute Gasteiger partial charge is 0.474 e. The topological polar surface area (TPSA) is 77.0 Å². The van der Waals surface area contributed by atoms with E-state index in [1.165, 1.54) is 18.4 Å². The van der Waals surface area contributed by atoms with E-state index in [1.807, 2.05) is 24.3 Å². The maximum atomic E-state index is 5.99. The van der Waals surface area contributed by atoms with E-state index in [2.05, 4.69) is 26.7 Å². The first-order chi connectivity index (χ1) is 14.3. The van der Waals surface area contributed by atoms with Crippen LogP contribution in [0.1, 0.15) is 36.8 Å². The molecule has 162 valence electrons. The fraction of sp³-hybridized carbons (Fsp3) is 0.455. The molecule has 2 aromatic rings. The van der Waals surface area contributed by atoms with Gasteiger partial charge in [-0.15, -0.1) is 24.0 Å². The molecule has 0 unspecified atom stereocenters. The molecule has 1 aliphatic heterocycles. The van der Waals surface area contributed by atoms with Crippen LogP contribution in [0.15, 0.2) is 41.5 Å². The number of aliphatic imine (C=N–C) groups is 1. The summed E-state index contributed by atoms with van der Waals surface area (Å²) in [6, 6.07) is 10.1. The molecule has 0 amide bonds. The van der Waals surface area contributed by atoms with Crippen molar-refractivity contribution >= 4 is 29.9 Å². The number of fused-ring (bicyclic) bond motifs is 1. The third-order valence-corrected chi connectivity index (χ3v) is 5.22. The molecule has 0 atom stereocenters. The lowest BCUT2D eigenvalue weighted by Gasteiger charge is -2.14. The normalized spacial score (nSPS) is 15.6. The lowest BCUT2D eigenvalue weighted by Crippen LogP contribution is -2.37. The van der Waals surface area contributed by atoms with Crippen LogP contribution in [0.2, 0.25) is 0 Å². The number of hydrogen-bond donors (Lipinski definition) is 2. The van der Waals surface area contributed by atoms with E-state index in [9.17, 15) is 0 Å². The molecular formula is C22H29IN4O3. The molecule has 2 aliphatic rings. The number of ether oxygens (including phenoxy) is 3. The fourth-order valence-electron chi connectivity index (χ4n) is 3.63. The minimum atomic E-state index is 0. The van der Waals surface area contributed by atoms with Crippen LogP contribution in [0.4, 0.5) is 0 Å². The summed E-state index contributed by atoms with van der Waals surface area (Å²) in [7, 11) is 1.77. The Balaban J connectivity index is 0.00000256. The van der Waals surface area contributed by atoms with Gasteiger partial charge in [-0.2, -0.15) is 0 Å². The zero-order valence-electron chi connectivity index (χ0n) is 17.2. The molecule has 1 fully saturated rings. The molecule has 0 radical (unpaired) electrons. The minimum Gasteiger partial charge on any atom is -0.474 e. The number of nitrogens with zero attached hydrogens (tertiary/aromatic N) is 2. The molecule has 2 heterocycles. The smallest absolute Gasteiger partial charge is 0.231 e. The number of aromatic nitrogens is 1. The summed E-state index contributed by atoms with van der Waals surface area (Å²) < 4.78 is 16.8. The van der Waals surface area contributed by atoms with Crippen molar-refractivity contribution in [3.05, 3.63) is 47.7 Å². The van der Waals surface area contributed by atoms with Crippen LogP contribution in [-0.4, -0.2) is 37.4 Å². The van der Waals surface area contributed by atoms with Crippen molar-refractivity contribution < 1.29 is 14.2 Å². The van der Waals surface area contributed by atoms with Crippen molar-refractivity contribution in [2.45, 2.75) is 44.8 Å². The quantitative estimate of drug-likeness (QED) is 0.327. The number of halogens is 1. The van der Waals surface area contributed by atoms with Gasteiger partial charge in [0, 0.05) is 32.4 Å². The molecule has 0 saturated heterocycles. The molecule has 0 bridgehead atoms. The van der Waals surface area contributed by atoms with E-state index in [0.29, 0.717) is 25.3 Å². The SMILES string of the molecule is CN=C(NCCc1ccc2c(c1)OCO2)NCc1ccnc(OC2CCCC2)c1.I. The minimum absolute atomic E-state index is 0. The van der Waals surface area contributed by atoms with Crippen LogP contribution in [0, 0.1) is 0 Å². The van der Waals surface area contributed by atoms with E-state index in [1.54, 1.807) is 13.2 Å². The van der Waals surface area contributed by atoms with Crippen LogP contribution >= 0.6 is 24.0 Å². The Morgan fingerprint density at radius 3 is 2.77 bits per heavy atom. The molecule has 2 N–H and O–H groups in total. The van der Waals surface area contributed by atoms with Gasteiger partial charge in [-0.05, 0) is 61.4 Å². The Morgan fingerprint density at radius 2 is 1.93 bits per heavy atom. The number of pyridine rings is 1. The number of benzene rings is 1. The molecular weight excluding hydrogens is 495 g/mol. The molecule has 1 aromatic carbocycles. The predicted molar refractivity (Wildman–Crippen MR) is 127 cm³/mol. The van der Waals surface area contributed by atoms with Gasteiger partial charge >= 0.3 is 0 Å². The third kappa shape index (κ3) is 6.13. The van der Waals surface area contributed by atoms with Gasteiger partial charge in [0.1, 0.15) is 6.10 Å². The molecule has 8 heteroatoms. The van der Waals surface area contributed by atoms with Crippen LogP contribution in [-0.2, 0) is 13.0 Å². The van der Waals surface area contributed by atoms with E-state index < -0.39 is 0 Å². The van der Waals surface area contributed by atoms with Crippen LogP contribution in [0.3, 0.4) is 0 Å². The lowest BCUT2D eigenvalue weighted by atomic mass is 10.1. The van der Waals surface area contributed by atoms with Gasteiger partial charge < -0.3 is 24.8 Å². The van der Waals surface area contributed by atoms with Gasteiger partial charge in [0.2, 0.25) is 12.7 Å². The van der Waals surface area contributed by atoms with Gasteiger partial charge in [0.15, 0.2) is 17.5 Å². The third-order valence-electron chi connectivity index (χ3n) is 5.22. The maximum absolute atomic E-state index is 5.99. The predicted octanol–water partition coefficient (Wildman–Crippen LogP) is 3.66. The molecule has 4 rings (SSSR count). The first-order valence-electron chi connectivity index (χ1n) is 10.2. The second-order valence-electron chi connectivity index (χ2n) is 7.32. The monoisotopic (exact) mass is 524 g/mol. The van der Waals surface area contributed by atoms with Crippen molar-refractivity contribution in [1.29, 1.82) is 0 Å². The molecule has 1 saturated carbocycles. The van der Waals surface area contributed by atoms with Gasteiger partial charge in [0.05, 0.1) is 0 Å². The summed E-state index contributed by atoms with van der Waals surface area (Å²) in [6.07, 6.45) is 7.74. The Hall–Kier alpha value is -2.23. The summed E-state index contributed by atoms with van der Waals surface area (Å²) in [6.45, 7) is 1.73. The Bertz CT molecular complexity index is 856. The van der Waals surface area contributed by atoms with Gasteiger partial charge in [-0.1, -0.05) is 6.07 Å². The zero-order valence-corrected chi connectivity index (χ0v) is 19.6. The standard InChI is InChI=1S/C22H28N4O3.HI/c1-23-22(25-11-8-16-6-7-19-20(12-16)28-15-27-19)26-14-17-9-10-24-21(13-17)29-18-4-2-3-5-18;/h6-7,9-10,12-13,18H,2-5,8,11,14-15H2,1H3,(H2,23,25,26);1H. The number of hydrogen-bond acceptors (Lipinski definition) is 5. The summed E-state index contributed by atoms with van der Waals surface area (Å²) in [5, 5.41) is 6.69. The van der Waals surface area contributed by atoms with Crippen molar-refractivity contribution in [3.8, 4) is 17.4 Å². The number of nitrogens with one attached hydrogen (secondary N) is 2. The molecule has 30 heavy (non-hydrogen) atoms. The second-order valence-corrected chi connectivity index (χ2v) is 7.32. The highest BCUT2D eigenvalue weighted by Gasteiger charge is 2.17. The van der Waals surface area contributed by atoms with Gasteiger partial charge in [0.25, 0.3) is 0 Å². The Labute approximate surface area is 194 Å². The van der Waals surface area contributed by atoms with Crippen LogP contribution in [0.5, 0.6) is 17.4 Å². The number of guanidine groups is 1. The average Bonchev–Trinajstić information content (AvgIpc) is 3.42. The summed E-state index contributed by atoms with van der Waals surface area (Å²) in [5.74, 6) is 3.11.